The van der Waals surface area contributed by atoms with Crippen LogP contribution in [0.5, 0.6) is 0 Å². The van der Waals surface area contributed by atoms with E-state index < -0.39 is 5.60 Å². The monoisotopic (exact) mass is 182 g/mol. The molecule has 0 radical (unpaired) electrons. The van der Waals surface area contributed by atoms with Crippen LogP contribution in [0.15, 0.2) is 12.4 Å². The van der Waals surface area contributed by atoms with E-state index in [4.69, 9.17) is 4.74 Å². The molecule has 1 aliphatic rings. The fourth-order valence-corrected chi connectivity index (χ4v) is 1.76. The molecule has 0 aromatic carbocycles. The molecule has 72 valence electrons. The van der Waals surface area contributed by atoms with Gasteiger partial charge < -0.3 is 9.84 Å². The maximum Gasteiger partial charge on any atom is 0.0976 e. The summed E-state index contributed by atoms with van der Waals surface area (Å²) >= 11 is 0. The minimum Gasteiger partial charge on any atom is -0.385 e. The van der Waals surface area contributed by atoms with Gasteiger partial charge in [-0.25, -0.2) is 0 Å². The van der Waals surface area contributed by atoms with Gasteiger partial charge >= 0.3 is 0 Å². The molecule has 0 unspecified atom stereocenters. The number of methoxy groups -OCH3 is 1. The molecule has 1 saturated carbocycles. The molecule has 13 heavy (non-hydrogen) atoms. The fourth-order valence-electron chi connectivity index (χ4n) is 1.76. The van der Waals surface area contributed by atoms with E-state index in [1.807, 2.05) is 13.2 Å². The lowest BCUT2D eigenvalue weighted by atomic mass is 9.74. The number of aromatic nitrogens is 2. The summed E-state index contributed by atoms with van der Waals surface area (Å²) in [7, 11) is 3.52. The van der Waals surface area contributed by atoms with Crippen LogP contribution in [0.25, 0.3) is 0 Å². The highest BCUT2D eigenvalue weighted by molar-refractivity contribution is 5.20. The second-order valence-electron chi connectivity index (χ2n) is 3.70. The Morgan fingerprint density at radius 1 is 1.69 bits per heavy atom. The van der Waals surface area contributed by atoms with Gasteiger partial charge in [-0.1, -0.05) is 0 Å². The maximum atomic E-state index is 10.1. The van der Waals surface area contributed by atoms with Crippen LogP contribution in [0.3, 0.4) is 0 Å². The molecule has 1 aromatic rings. The molecule has 4 heteroatoms. The minimum atomic E-state index is -0.699. The third-order valence-electron chi connectivity index (χ3n) is 2.71. The van der Waals surface area contributed by atoms with E-state index >= 15 is 0 Å². The van der Waals surface area contributed by atoms with Crippen molar-refractivity contribution in [2.45, 2.75) is 24.5 Å². The largest absolute Gasteiger partial charge is 0.385 e. The minimum absolute atomic E-state index is 0.199. The summed E-state index contributed by atoms with van der Waals surface area (Å²) in [4.78, 5) is 0. The number of hydrogen-bond donors (Lipinski definition) is 1. The van der Waals surface area contributed by atoms with Crippen LogP contribution in [0.1, 0.15) is 18.4 Å². The molecule has 1 fully saturated rings. The summed E-state index contributed by atoms with van der Waals surface area (Å²) in [6.45, 7) is 0. The number of aliphatic hydroxyl groups is 1. The fraction of sp³-hybridized carbons (Fsp3) is 0.667. The van der Waals surface area contributed by atoms with Gasteiger partial charge in [-0.15, -0.1) is 0 Å². The molecule has 0 saturated heterocycles. The van der Waals surface area contributed by atoms with Crippen molar-refractivity contribution >= 4 is 0 Å². The second kappa shape index (κ2) is 2.82. The van der Waals surface area contributed by atoms with Gasteiger partial charge in [0.15, 0.2) is 0 Å². The van der Waals surface area contributed by atoms with Crippen molar-refractivity contribution in [2.75, 3.05) is 7.11 Å². The smallest absolute Gasteiger partial charge is 0.0976 e. The molecule has 0 aliphatic heterocycles. The van der Waals surface area contributed by atoms with Crippen molar-refractivity contribution in [2.24, 2.45) is 7.05 Å². The maximum absolute atomic E-state index is 10.1. The highest BCUT2D eigenvalue weighted by atomic mass is 16.5. The number of hydrogen-bond acceptors (Lipinski definition) is 3. The zero-order chi connectivity index (χ0) is 9.47. The normalized spacial score (nSPS) is 33.0. The Morgan fingerprint density at radius 3 is 2.85 bits per heavy atom. The molecular formula is C9H14N2O2. The van der Waals surface area contributed by atoms with E-state index in [2.05, 4.69) is 5.10 Å². The Kier molecular flexibility index (Phi) is 1.89. The molecule has 0 spiro atoms. The van der Waals surface area contributed by atoms with Crippen LogP contribution in [0.4, 0.5) is 0 Å². The van der Waals surface area contributed by atoms with Crippen LogP contribution in [0.2, 0.25) is 0 Å². The van der Waals surface area contributed by atoms with E-state index in [-0.39, 0.29) is 6.10 Å². The third-order valence-corrected chi connectivity index (χ3v) is 2.71. The summed E-state index contributed by atoms with van der Waals surface area (Å²) in [5.41, 5.74) is 0.192. The highest BCUT2D eigenvalue weighted by Gasteiger charge is 2.44. The lowest BCUT2D eigenvalue weighted by Gasteiger charge is -2.42. The number of aryl methyl sites for hydroxylation is 1. The first-order valence-electron chi connectivity index (χ1n) is 4.38. The van der Waals surface area contributed by atoms with Crippen molar-refractivity contribution in [1.29, 1.82) is 0 Å². The first kappa shape index (κ1) is 8.72. The Bertz CT molecular complexity index is 302. The predicted octanol–water partition coefficient (Wildman–Crippen LogP) is 0.416. The van der Waals surface area contributed by atoms with Crippen LogP contribution in [0, 0.1) is 0 Å². The van der Waals surface area contributed by atoms with E-state index in [1.165, 1.54) is 0 Å². The molecule has 1 N–H and O–H groups in total. The van der Waals surface area contributed by atoms with Gasteiger partial charge in [0, 0.05) is 38.8 Å². The molecule has 0 bridgehead atoms. The Morgan fingerprint density at radius 2 is 2.38 bits per heavy atom. The van der Waals surface area contributed by atoms with E-state index in [0.29, 0.717) is 12.8 Å². The van der Waals surface area contributed by atoms with E-state index in [0.717, 1.165) is 5.56 Å². The molecule has 0 atom stereocenters. The van der Waals surface area contributed by atoms with Crippen LogP contribution < -0.4 is 0 Å². The molecule has 1 heterocycles. The molecule has 2 rings (SSSR count). The van der Waals surface area contributed by atoms with Gasteiger partial charge in [-0.05, 0) is 0 Å². The van der Waals surface area contributed by atoms with Crippen molar-refractivity contribution in [3.05, 3.63) is 18.0 Å². The van der Waals surface area contributed by atoms with Gasteiger partial charge in [0.1, 0.15) is 0 Å². The topological polar surface area (TPSA) is 47.3 Å². The number of rotatable bonds is 2. The zero-order valence-electron chi connectivity index (χ0n) is 7.90. The predicted molar refractivity (Wildman–Crippen MR) is 47.1 cm³/mol. The SMILES string of the molecule is COC1CC(O)(c2cnn(C)c2)C1. The summed E-state index contributed by atoms with van der Waals surface area (Å²) in [5.74, 6) is 0. The summed E-state index contributed by atoms with van der Waals surface area (Å²) in [6, 6.07) is 0. The standard InChI is InChI=1S/C9H14N2O2/c1-11-6-7(5-10-11)9(12)3-8(4-9)13-2/h5-6,8,12H,3-4H2,1-2H3. The van der Waals surface area contributed by atoms with E-state index in [1.54, 1.807) is 18.0 Å². The zero-order valence-corrected chi connectivity index (χ0v) is 7.90. The van der Waals surface area contributed by atoms with Gasteiger partial charge in [-0.2, -0.15) is 5.10 Å². The van der Waals surface area contributed by atoms with Crippen LogP contribution >= 0.6 is 0 Å². The van der Waals surface area contributed by atoms with Gasteiger partial charge in [0.2, 0.25) is 0 Å². The van der Waals surface area contributed by atoms with E-state index in [9.17, 15) is 5.11 Å². The number of ether oxygens (including phenoxy) is 1. The molecule has 4 nitrogen and oxygen atoms in total. The lowest BCUT2D eigenvalue weighted by Crippen LogP contribution is -2.45. The first-order valence-corrected chi connectivity index (χ1v) is 4.38. The molecule has 1 aromatic heterocycles. The third kappa shape index (κ3) is 1.36. The van der Waals surface area contributed by atoms with Crippen molar-refractivity contribution in [3.63, 3.8) is 0 Å². The second-order valence-corrected chi connectivity index (χ2v) is 3.70. The Balaban J connectivity index is 2.10. The van der Waals surface area contributed by atoms with Crippen LogP contribution in [-0.2, 0) is 17.4 Å². The van der Waals surface area contributed by atoms with Crippen molar-refractivity contribution in [1.82, 2.24) is 9.78 Å². The average molecular weight is 182 g/mol. The van der Waals surface area contributed by atoms with Crippen molar-refractivity contribution in [3.8, 4) is 0 Å². The molecular weight excluding hydrogens is 168 g/mol. The summed E-state index contributed by atoms with van der Waals surface area (Å²) in [5, 5.41) is 14.1. The van der Waals surface area contributed by atoms with Gasteiger partial charge in [0.25, 0.3) is 0 Å². The Labute approximate surface area is 77.1 Å². The summed E-state index contributed by atoms with van der Waals surface area (Å²) < 4.78 is 6.82. The van der Waals surface area contributed by atoms with Gasteiger partial charge in [0.05, 0.1) is 17.9 Å². The highest BCUT2D eigenvalue weighted by Crippen LogP contribution is 2.42. The van der Waals surface area contributed by atoms with Crippen LogP contribution in [-0.4, -0.2) is 28.1 Å². The molecule has 0 amide bonds. The molecule has 1 aliphatic carbocycles. The number of nitrogens with zero attached hydrogens (tertiary/aromatic N) is 2. The van der Waals surface area contributed by atoms with Crippen molar-refractivity contribution < 1.29 is 9.84 Å². The quantitative estimate of drug-likeness (QED) is 0.721. The first-order chi connectivity index (χ1) is 6.14. The van der Waals surface area contributed by atoms with Gasteiger partial charge in [-0.3, -0.25) is 4.68 Å². The lowest BCUT2D eigenvalue weighted by molar-refractivity contribution is -0.133. The Hall–Kier alpha value is -0.870. The summed E-state index contributed by atoms with van der Waals surface area (Å²) in [6.07, 6.45) is 5.12. The average Bonchev–Trinajstić information content (AvgIpc) is 2.46.